The van der Waals surface area contributed by atoms with Crippen molar-refractivity contribution in [3.05, 3.63) is 42.0 Å². The van der Waals surface area contributed by atoms with E-state index in [0.717, 1.165) is 17.9 Å². The van der Waals surface area contributed by atoms with Crippen molar-refractivity contribution >= 4 is 0 Å². The Balaban J connectivity index is 2.07. The molecule has 2 N–H and O–H groups in total. The van der Waals surface area contributed by atoms with Crippen molar-refractivity contribution in [1.29, 1.82) is 0 Å². The highest BCUT2D eigenvalue weighted by molar-refractivity contribution is 5.10. The van der Waals surface area contributed by atoms with Crippen LogP contribution in [0.1, 0.15) is 43.9 Å². The number of aromatic amines is 1. The molecule has 5 nitrogen and oxygen atoms in total. The van der Waals surface area contributed by atoms with E-state index in [2.05, 4.69) is 32.4 Å². The van der Waals surface area contributed by atoms with Crippen molar-refractivity contribution in [2.45, 2.75) is 32.4 Å². The summed E-state index contributed by atoms with van der Waals surface area (Å²) < 4.78 is 12.8. The molecule has 0 radical (unpaired) electrons. The van der Waals surface area contributed by atoms with E-state index in [1.165, 1.54) is 18.6 Å². The maximum atomic E-state index is 12.8. The van der Waals surface area contributed by atoms with E-state index in [1.54, 1.807) is 6.07 Å². The highest BCUT2D eigenvalue weighted by atomic mass is 19.1. The Morgan fingerprint density at radius 2 is 2.22 bits per heavy atom. The molecule has 0 aliphatic carbocycles. The van der Waals surface area contributed by atoms with Gasteiger partial charge in [0.05, 0.1) is 17.9 Å². The van der Waals surface area contributed by atoms with Crippen LogP contribution < -0.4 is 5.32 Å². The Labute approximate surface area is 105 Å². The van der Waals surface area contributed by atoms with Crippen LogP contribution in [0.15, 0.2) is 24.7 Å². The molecule has 2 heterocycles. The zero-order valence-electron chi connectivity index (χ0n) is 10.4. The van der Waals surface area contributed by atoms with Gasteiger partial charge in [0.2, 0.25) is 0 Å². The van der Waals surface area contributed by atoms with Crippen LogP contribution in [-0.4, -0.2) is 20.2 Å². The quantitative estimate of drug-likeness (QED) is 0.852. The molecule has 0 amide bonds. The van der Waals surface area contributed by atoms with E-state index in [-0.39, 0.29) is 17.9 Å². The smallest absolute Gasteiger partial charge is 0.141 e. The summed E-state index contributed by atoms with van der Waals surface area (Å²) in [6.07, 6.45) is 3.57. The van der Waals surface area contributed by atoms with Crippen molar-refractivity contribution in [1.82, 2.24) is 25.5 Å². The molecule has 0 aromatic carbocycles. The van der Waals surface area contributed by atoms with Gasteiger partial charge in [-0.05, 0) is 25.5 Å². The number of H-pyrrole nitrogens is 1. The summed E-state index contributed by atoms with van der Waals surface area (Å²) >= 11 is 0. The largest absolute Gasteiger partial charge is 0.299 e. The molecule has 0 aliphatic heterocycles. The molecule has 2 atom stereocenters. The molecule has 0 aliphatic rings. The lowest BCUT2D eigenvalue weighted by atomic mass is 10.1. The highest BCUT2D eigenvalue weighted by Crippen LogP contribution is 2.18. The van der Waals surface area contributed by atoms with Crippen molar-refractivity contribution in [3.8, 4) is 0 Å². The summed E-state index contributed by atoms with van der Waals surface area (Å²) in [6, 6.07) is 3.21. The van der Waals surface area contributed by atoms with Crippen LogP contribution >= 0.6 is 0 Å². The molecule has 0 bridgehead atoms. The fraction of sp³-hybridized carbons (Fsp3) is 0.417. The normalized spacial score (nSPS) is 14.4. The van der Waals surface area contributed by atoms with Gasteiger partial charge in [-0.1, -0.05) is 6.92 Å². The first-order valence-electron chi connectivity index (χ1n) is 5.93. The molecule has 6 heteroatoms. The maximum Gasteiger partial charge on any atom is 0.141 e. The Morgan fingerprint density at radius 1 is 1.39 bits per heavy atom. The van der Waals surface area contributed by atoms with Crippen LogP contribution in [0, 0.1) is 5.82 Å². The van der Waals surface area contributed by atoms with Gasteiger partial charge in [0.15, 0.2) is 0 Å². The Hall–Kier alpha value is -1.82. The molecule has 2 aromatic rings. The standard InChI is InChI=1S/C12H16FN5/c1-3-10(11-5-4-9(13)6-14-11)17-8(2)12-15-7-16-18-12/h4-8,10,17H,3H2,1-2H3,(H,15,16,18). The summed E-state index contributed by atoms with van der Waals surface area (Å²) in [5, 5.41) is 10.0. The number of nitrogens with one attached hydrogen (secondary N) is 2. The van der Waals surface area contributed by atoms with Gasteiger partial charge >= 0.3 is 0 Å². The lowest BCUT2D eigenvalue weighted by Gasteiger charge is -2.20. The third kappa shape index (κ3) is 2.89. The van der Waals surface area contributed by atoms with Gasteiger partial charge in [0, 0.05) is 6.04 Å². The summed E-state index contributed by atoms with van der Waals surface area (Å²) in [5.74, 6) is 0.451. The van der Waals surface area contributed by atoms with Crippen LogP contribution in [0.5, 0.6) is 0 Å². The minimum atomic E-state index is -0.322. The molecule has 2 unspecified atom stereocenters. The maximum absolute atomic E-state index is 12.8. The molecule has 0 saturated carbocycles. The van der Waals surface area contributed by atoms with Crippen LogP contribution in [0.25, 0.3) is 0 Å². The van der Waals surface area contributed by atoms with Gasteiger partial charge in [0.1, 0.15) is 18.0 Å². The van der Waals surface area contributed by atoms with Crippen LogP contribution in [0.4, 0.5) is 4.39 Å². The molecule has 18 heavy (non-hydrogen) atoms. The number of rotatable bonds is 5. The zero-order valence-corrected chi connectivity index (χ0v) is 10.4. The van der Waals surface area contributed by atoms with E-state index in [4.69, 9.17) is 0 Å². The Bertz CT molecular complexity index is 468. The average molecular weight is 249 g/mol. The molecular formula is C12H16FN5. The summed E-state index contributed by atoms with van der Waals surface area (Å²) in [7, 11) is 0. The predicted molar refractivity (Wildman–Crippen MR) is 65.2 cm³/mol. The van der Waals surface area contributed by atoms with E-state index in [9.17, 15) is 4.39 Å². The van der Waals surface area contributed by atoms with Gasteiger partial charge in [-0.3, -0.25) is 15.4 Å². The fourth-order valence-corrected chi connectivity index (χ4v) is 1.81. The van der Waals surface area contributed by atoms with Gasteiger partial charge in [-0.2, -0.15) is 5.10 Å². The first kappa shape index (κ1) is 12.6. The first-order valence-corrected chi connectivity index (χ1v) is 5.93. The van der Waals surface area contributed by atoms with Crippen LogP contribution in [0.2, 0.25) is 0 Å². The second-order valence-corrected chi connectivity index (χ2v) is 4.12. The molecule has 2 rings (SSSR count). The third-order valence-corrected chi connectivity index (χ3v) is 2.81. The van der Waals surface area contributed by atoms with Crippen LogP contribution in [0.3, 0.4) is 0 Å². The van der Waals surface area contributed by atoms with E-state index in [1.807, 2.05) is 6.92 Å². The van der Waals surface area contributed by atoms with Crippen molar-refractivity contribution in [2.24, 2.45) is 0 Å². The molecule has 0 fully saturated rings. The van der Waals surface area contributed by atoms with E-state index >= 15 is 0 Å². The third-order valence-electron chi connectivity index (χ3n) is 2.81. The fourth-order valence-electron chi connectivity index (χ4n) is 1.81. The van der Waals surface area contributed by atoms with Crippen molar-refractivity contribution in [2.75, 3.05) is 0 Å². The number of nitrogens with zero attached hydrogens (tertiary/aromatic N) is 3. The molecule has 96 valence electrons. The SMILES string of the molecule is CCC(NC(C)c1ncn[nH]1)c1ccc(F)cn1. The lowest BCUT2D eigenvalue weighted by molar-refractivity contribution is 0.434. The topological polar surface area (TPSA) is 66.5 Å². The second-order valence-electron chi connectivity index (χ2n) is 4.12. The number of halogens is 1. The van der Waals surface area contributed by atoms with Gasteiger partial charge in [-0.15, -0.1) is 0 Å². The monoisotopic (exact) mass is 249 g/mol. The van der Waals surface area contributed by atoms with Crippen molar-refractivity contribution < 1.29 is 4.39 Å². The number of hydrogen-bond acceptors (Lipinski definition) is 4. The van der Waals surface area contributed by atoms with E-state index < -0.39 is 0 Å². The average Bonchev–Trinajstić information content (AvgIpc) is 2.91. The van der Waals surface area contributed by atoms with Gasteiger partial charge < -0.3 is 0 Å². The number of hydrogen-bond donors (Lipinski definition) is 2. The van der Waals surface area contributed by atoms with Gasteiger partial charge in [-0.25, -0.2) is 9.37 Å². The zero-order chi connectivity index (χ0) is 13.0. The predicted octanol–water partition coefficient (Wildman–Crippen LogP) is 2.14. The molecule has 0 spiro atoms. The number of pyridine rings is 1. The van der Waals surface area contributed by atoms with Crippen LogP contribution in [-0.2, 0) is 0 Å². The molecule has 2 aromatic heterocycles. The number of aromatic nitrogens is 4. The minimum absolute atomic E-state index is 0.0318. The Morgan fingerprint density at radius 3 is 2.78 bits per heavy atom. The highest BCUT2D eigenvalue weighted by Gasteiger charge is 2.16. The summed E-state index contributed by atoms with van der Waals surface area (Å²) in [5.41, 5.74) is 0.824. The first-order chi connectivity index (χ1) is 8.70. The minimum Gasteiger partial charge on any atom is -0.299 e. The van der Waals surface area contributed by atoms with Gasteiger partial charge in [0.25, 0.3) is 0 Å². The molecular weight excluding hydrogens is 233 g/mol. The summed E-state index contributed by atoms with van der Waals surface area (Å²) in [4.78, 5) is 8.20. The molecule has 0 saturated heterocycles. The van der Waals surface area contributed by atoms with Crippen molar-refractivity contribution in [3.63, 3.8) is 0 Å². The second kappa shape index (κ2) is 5.68. The Kier molecular flexibility index (Phi) is 3.99. The lowest BCUT2D eigenvalue weighted by Crippen LogP contribution is -2.25. The summed E-state index contributed by atoms with van der Waals surface area (Å²) in [6.45, 7) is 4.04. The van der Waals surface area contributed by atoms with E-state index in [0.29, 0.717) is 0 Å².